The van der Waals surface area contributed by atoms with Gasteiger partial charge in [0, 0.05) is 66.1 Å². The molecule has 7 heteroatoms. The maximum atomic E-state index is 5.79. The molecule has 0 aliphatic carbocycles. The number of hydrogen-bond donors (Lipinski definition) is 1. The average Bonchev–Trinajstić information content (AvgIpc) is 2.83. The van der Waals surface area contributed by atoms with E-state index < -0.39 is 0 Å². The number of ether oxygens (including phenoxy) is 2. The topological polar surface area (TPSA) is 86.4 Å². The smallest absolute Gasteiger partial charge is 0.218 e. The molecule has 0 amide bonds. The molecule has 3 heterocycles. The summed E-state index contributed by atoms with van der Waals surface area (Å²) in [6.45, 7) is 2.45. The summed E-state index contributed by atoms with van der Waals surface area (Å²) < 4.78 is 10.9. The van der Waals surface area contributed by atoms with Crippen molar-refractivity contribution in [3.63, 3.8) is 0 Å². The average molecular weight is 428 g/mol. The molecule has 1 aliphatic heterocycles. The first-order valence-electron chi connectivity index (χ1n) is 10.6. The van der Waals surface area contributed by atoms with Crippen LogP contribution in [0.5, 0.6) is 11.6 Å². The Morgan fingerprint density at radius 3 is 2.62 bits per heavy atom. The first-order chi connectivity index (χ1) is 15.6. The Labute approximate surface area is 186 Å². The molecule has 0 radical (unpaired) electrons. The minimum absolute atomic E-state index is 0.645. The lowest BCUT2D eigenvalue weighted by Crippen LogP contribution is -2.31. The minimum atomic E-state index is 0.645. The molecule has 2 N–H and O–H groups in total. The third-order valence-corrected chi connectivity index (χ3v) is 5.83. The Morgan fingerprint density at radius 1 is 1.00 bits per heavy atom. The molecule has 32 heavy (non-hydrogen) atoms. The van der Waals surface area contributed by atoms with Crippen LogP contribution < -0.4 is 15.2 Å². The molecule has 0 spiro atoms. The number of nitrogens with two attached hydrogens (primary N) is 1. The van der Waals surface area contributed by atoms with Gasteiger partial charge >= 0.3 is 0 Å². The Kier molecular flexibility index (Phi) is 5.33. The molecule has 4 aromatic rings. The van der Waals surface area contributed by atoms with Gasteiger partial charge in [-0.1, -0.05) is 0 Å². The van der Waals surface area contributed by atoms with Crippen LogP contribution in [0.1, 0.15) is 16.8 Å². The highest BCUT2D eigenvalue weighted by Gasteiger charge is 2.21. The normalized spacial score (nSPS) is 13.7. The maximum Gasteiger partial charge on any atom is 0.218 e. The van der Waals surface area contributed by atoms with Crippen LogP contribution >= 0.6 is 0 Å². The van der Waals surface area contributed by atoms with Crippen LogP contribution in [0.25, 0.3) is 22.3 Å². The number of pyridine rings is 1. The van der Waals surface area contributed by atoms with Gasteiger partial charge in [0.25, 0.3) is 0 Å². The number of methoxy groups -OCH3 is 2. The Morgan fingerprint density at radius 2 is 1.84 bits per heavy atom. The van der Waals surface area contributed by atoms with E-state index in [0.717, 1.165) is 76.6 Å². The summed E-state index contributed by atoms with van der Waals surface area (Å²) in [6, 6.07) is 15.7. The number of benzene rings is 2. The summed E-state index contributed by atoms with van der Waals surface area (Å²) >= 11 is 0. The van der Waals surface area contributed by atoms with Crippen LogP contribution in [-0.2, 0) is 19.5 Å². The summed E-state index contributed by atoms with van der Waals surface area (Å²) in [7, 11) is 3.32. The van der Waals surface area contributed by atoms with Crippen LogP contribution in [0.2, 0.25) is 0 Å². The van der Waals surface area contributed by atoms with Crippen molar-refractivity contribution in [3.8, 4) is 23.0 Å². The van der Waals surface area contributed by atoms with Gasteiger partial charge in [-0.05, 0) is 42.5 Å². The molecule has 5 rings (SSSR count). The fourth-order valence-electron chi connectivity index (χ4n) is 4.11. The van der Waals surface area contributed by atoms with E-state index in [1.807, 2.05) is 48.7 Å². The van der Waals surface area contributed by atoms with E-state index in [1.165, 1.54) is 0 Å². The standard InChI is InChI=1S/C25H25N5O2/c1-31-21-8-5-17-11-18(25(32-2)29-23(17)12-21)14-30-10-9-22-19(15-30)13-27-24(28-22)16-3-6-20(26)7-4-16/h3-8,11-13H,9-10,14-15,26H2,1-2H3. The largest absolute Gasteiger partial charge is 0.497 e. The summed E-state index contributed by atoms with van der Waals surface area (Å²) in [5, 5.41) is 1.07. The summed E-state index contributed by atoms with van der Waals surface area (Å²) in [4.78, 5) is 16.5. The van der Waals surface area contributed by atoms with E-state index in [2.05, 4.69) is 16.0 Å². The molecule has 0 saturated carbocycles. The van der Waals surface area contributed by atoms with E-state index in [-0.39, 0.29) is 0 Å². The summed E-state index contributed by atoms with van der Waals surface area (Å²) in [6.07, 6.45) is 2.82. The number of aromatic nitrogens is 3. The molecule has 0 bridgehead atoms. The summed E-state index contributed by atoms with van der Waals surface area (Å²) in [5.74, 6) is 2.17. The van der Waals surface area contributed by atoms with Gasteiger partial charge in [0.05, 0.1) is 25.4 Å². The fourth-order valence-corrected chi connectivity index (χ4v) is 4.11. The monoisotopic (exact) mass is 427 g/mol. The SMILES string of the molecule is COc1ccc2cc(CN3CCc4nc(-c5ccc(N)cc5)ncc4C3)c(OC)nc2c1. The van der Waals surface area contributed by atoms with Gasteiger partial charge in [-0.25, -0.2) is 15.0 Å². The minimum Gasteiger partial charge on any atom is -0.497 e. The lowest BCUT2D eigenvalue weighted by atomic mass is 10.1. The Balaban J connectivity index is 1.37. The molecule has 2 aromatic carbocycles. The van der Waals surface area contributed by atoms with Crippen LogP contribution in [0.15, 0.2) is 54.7 Å². The lowest BCUT2D eigenvalue weighted by Gasteiger charge is -2.28. The van der Waals surface area contributed by atoms with E-state index in [1.54, 1.807) is 14.2 Å². The predicted octanol–water partition coefficient (Wildman–Crippen LogP) is 3.85. The molecule has 2 aromatic heterocycles. The van der Waals surface area contributed by atoms with Crippen molar-refractivity contribution >= 4 is 16.6 Å². The first-order valence-corrected chi connectivity index (χ1v) is 10.6. The molecule has 0 fully saturated rings. The van der Waals surface area contributed by atoms with Crippen LogP contribution in [-0.4, -0.2) is 40.6 Å². The van der Waals surface area contributed by atoms with Crippen LogP contribution in [0.3, 0.4) is 0 Å². The number of anilines is 1. The second kappa shape index (κ2) is 8.43. The second-order valence-corrected chi connectivity index (χ2v) is 7.96. The predicted molar refractivity (Wildman–Crippen MR) is 125 cm³/mol. The third kappa shape index (κ3) is 3.94. The van der Waals surface area contributed by atoms with Gasteiger partial charge in [-0.15, -0.1) is 0 Å². The molecule has 0 atom stereocenters. The molecular formula is C25H25N5O2. The van der Waals surface area contributed by atoms with Gasteiger partial charge in [-0.3, -0.25) is 4.90 Å². The van der Waals surface area contributed by atoms with Crippen molar-refractivity contribution < 1.29 is 9.47 Å². The fraction of sp³-hybridized carbons (Fsp3) is 0.240. The van der Waals surface area contributed by atoms with Crippen molar-refractivity contribution in [1.82, 2.24) is 19.9 Å². The van der Waals surface area contributed by atoms with E-state index >= 15 is 0 Å². The van der Waals surface area contributed by atoms with Crippen molar-refractivity contribution in [3.05, 3.63) is 71.5 Å². The van der Waals surface area contributed by atoms with Crippen molar-refractivity contribution in [2.75, 3.05) is 26.5 Å². The number of hydrogen-bond acceptors (Lipinski definition) is 7. The van der Waals surface area contributed by atoms with Gasteiger partial charge in [0.2, 0.25) is 5.88 Å². The number of nitrogens with zero attached hydrogens (tertiary/aromatic N) is 4. The molecule has 162 valence electrons. The van der Waals surface area contributed by atoms with E-state index in [9.17, 15) is 0 Å². The molecule has 0 saturated heterocycles. The quantitative estimate of drug-likeness (QED) is 0.484. The zero-order chi connectivity index (χ0) is 22.1. The van der Waals surface area contributed by atoms with Crippen molar-refractivity contribution in [2.24, 2.45) is 0 Å². The van der Waals surface area contributed by atoms with Crippen molar-refractivity contribution in [1.29, 1.82) is 0 Å². The number of fused-ring (bicyclic) bond motifs is 2. The maximum absolute atomic E-state index is 5.79. The first kappa shape index (κ1) is 20.2. The van der Waals surface area contributed by atoms with E-state index in [4.69, 9.17) is 25.2 Å². The molecule has 7 nitrogen and oxygen atoms in total. The Hall–Kier alpha value is -3.71. The molecule has 0 unspecified atom stereocenters. The molecular weight excluding hydrogens is 402 g/mol. The highest BCUT2D eigenvalue weighted by atomic mass is 16.5. The van der Waals surface area contributed by atoms with Gasteiger partial charge < -0.3 is 15.2 Å². The second-order valence-electron chi connectivity index (χ2n) is 7.96. The van der Waals surface area contributed by atoms with Gasteiger partial charge in [0.15, 0.2) is 5.82 Å². The lowest BCUT2D eigenvalue weighted by molar-refractivity contribution is 0.238. The highest BCUT2D eigenvalue weighted by molar-refractivity contribution is 5.81. The number of rotatable bonds is 5. The number of nitrogen functional groups attached to an aromatic ring is 1. The zero-order valence-electron chi connectivity index (χ0n) is 18.2. The highest BCUT2D eigenvalue weighted by Crippen LogP contribution is 2.28. The van der Waals surface area contributed by atoms with E-state index in [0.29, 0.717) is 5.88 Å². The van der Waals surface area contributed by atoms with Crippen LogP contribution in [0, 0.1) is 0 Å². The molecule has 1 aliphatic rings. The van der Waals surface area contributed by atoms with Crippen molar-refractivity contribution in [2.45, 2.75) is 19.5 Å². The Bertz CT molecular complexity index is 1270. The zero-order valence-corrected chi connectivity index (χ0v) is 18.2. The summed E-state index contributed by atoms with van der Waals surface area (Å²) in [5.41, 5.74) is 11.7. The van der Waals surface area contributed by atoms with Crippen LogP contribution in [0.4, 0.5) is 5.69 Å². The van der Waals surface area contributed by atoms with Gasteiger partial charge in [-0.2, -0.15) is 0 Å². The van der Waals surface area contributed by atoms with Gasteiger partial charge in [0.1, 0.15) is 5.75 Å². The third-order valence-electron chi connectivity index (χ3n) is 5.83.